The molecule has 0 saturated carbocycles. The maximum atomic E-state index is 13.3. The smallest absolute Gasteiger partial charge is 0.372 e. The number of carbonyl (C=O) groups is 1. The van der Waals surface area contributed by atoms with Gasteiger partial charge >= 0.3 is 12.4 Å². The van der Waals surface area contributed by atoms with Crippen molar-refractivity contribution in [1.29, 1.82) is 0 Å². The van der Waals surface area contributed by atoms with Crippen LogP contribution in [0.2, 0.25) is 0 Å². The van der Waals surface area contributed by atoms with Crippen molar-refractivity contribution < 1.29 is 35.9 Å². The van der Waals surface area contributed by atoms with Crippen molar-refractivity contribution in [2.45, 2.75) is 49.3 Å². The fourth-order valence-electron chi connectivity index (χ4n) is 4.60. The Labute approximate surface area is 198 Å². The molecule has 3 N–H and O–H groups in total. The van der Waals surface area contributed by atoms with Gasteiger partial charge in [-0.3, -0.25) is 10.1 Å². The fraction of sp³-hybridized carbons (Fsp3) is 0.458. The first kappa shape index (κ1) is 25.5. The molecule has 3 unspecified atom stereocenters. The van der Waals surface area contributed by atoms with E-state index in [-0.39, 0.29) is 30.7 Å². The predicted molar refractivity (Wildman–Crippen MR) is 115 cm³/mol. The first-order valence-corrected chi connectivity index (χ1v) is 11.1. The third kappa shape index (κ3) is 5.17. The Morgan fingerprint density at radius 3 is 2.06 bits per heavy atom. The minimum atomic E-state index is -4.94. The molecule has 2 aliphatic rings. The maximum Gasteiger partial charge on any atom is 0.416 e. The number of rotatable bonds is 5. The number of alkyl halides is 6. The number of halogens is 6. The van der Waals surface area contributed by atoms with Gasteiger partial charge in [0.05, 0.1) is 36.0 Å². The third-order valence-electron chi connectivity index (χ3n) is 6.80. The van der Waals surface area contributed by atoms with E-state index in [1.807, 2.05) is 30.3 Å². The minimum absolute atomic E-state index is 0.0204. The lowest BCUT2D eigenvalue weighted by atomic mass is 9.76. The van der Waals surface area contributed by atoms with Gasteiger partial charge in [0.2, 0.25) is 5.91 Å². The van der Waals surface area contributed by atoms with Crippen LogP contribution in [0.4, 0.5) is 26.3 Å². The lowest BCUT2D eigenvalue weighted by Crippen LogP contribution is -2.64. The number of benzene rings is 2. The van der Waals surface area contributed by atoms with E-state index in [2.05, 4.69) is 16.0 Å². The average Bonchev–Trinajstić information content (AvgIpc) is 3.17. The number of carbonyl (C=O) groups excluding carboxylic acids is 1. The summed E-state index contributed by atoms with van der Waals surface area (Å²) in [5, 5.41) is 9.30. The van der Waals surface area contributed by atoms with Gasteiger partial charge in [0.25, 0.3) is 0 Å². The highest BCUT2D eigenvalue weighted by Gasteiger charge is 2.49. The number of hydrogen-bond donors (Lipinski definition) is 3. The molecule has 2 aromatic carbocycles. The minimum Gasteiger partial charge on any atom is -0.372 e. The van der Waals surface area contributed by atoms with Crippen molar-refractivity contribution >= 4 is 5.91 Å². The Bertz CT molecular complexity index is 1030. The van der Waals surface area contributed by atoms with Gasteiger partial charge in [0, 0.05) is 6.54 Å². The summed E-state index contributed by atoms with van der Waals surface area (Å²) in [6.07, 6.45) is -9.99. The van der Waals surface area contributed by atoms with Gasteiger partial charge in [-0.25, -0.2) is 0 Å². The number of ether oxygens (including phenoxy) is 1. The summed E-state index contributed by atoms with van der Waals surface area (Å²) in [6.45, 7) is 2.04. The Balaban J connectivity index is 1.59. The molecule has 2 aromatic rings. The van der Waals surface area contributed by atoms with E-state index in [4.69, 9.17) is 4.74 Å². The average molecular weight is 501 g/mol. The molecule has 2 heterocycles. The Morgan fingerprint density at radius 2 is 1.57 bits per heavy atom. The van der Waals surface area contributed by atoms with E-state index in [0.29, 0.717) is 31.6 Å². The molecule has 190 valence electrons. The lowest BCUT2D eigenvalue weighted by molar-refractivity contribution is -0.143. The zero-order valence-electron chi connectivity index (χ0n) is 18.8. The molecule has 2 aliphatic heterocycles. The van der Waals surface area contributed by atoms with Crippen LogP contribution >= 0.6 is 0 Å². The van der Waals surface area contributed by atoms with Crippen molar-refractivity contribution in [3.8, 4) is 0 Å². The molecule has 3 atom stereocenters. The van der Waals surface area contributed by atoms with Crippen LogP contribution in [-0.2, 0) is 27.4 Å². The summed E-state index contributed by atoms with van der Waals surface area (Å²) in [6, 6.07) is 10.7. The van der Waals surface area contributed by atoms with Crippen LogP contribution in [0.1, 0.15) is 48.1 Å². The van der Waals surface area contributed by atoms with Crippen LogP contribution in [0.15, 0.2) is 48.5 Å². The van der Waals surface area contributed by atoms with Crippen molar-refractivity contribution in [3.05, 3.63) is 70.8 Å². The summed E-state index contributed by atoms with van der Waals surface area (Å²) in [5.74, 6) is -0.121. The summed E-state index contributed by atoms with van der Waals surface area (Å²) < 4.78 is 85.6. The predicted octanol–water partition coefficient (Wildman–Crippen LogP) is 4.50. The molecule has 0 bridgehead atoms. The molecule has 5 nitrogen and oxygen atoms in total. The van der Waals surface area contributed by atoms with E-state index in [1.54, 1.807) is 0 Å². The second-order valence-corrected chi connectivity index (χ2v) is 9.04. The first-order valence-electron chi connectivity index (χ1n) is 11.1. The molecule has 11 heteroatoms. The second kappa shape index (κ2) is 9.11. The number of nitrogens with one attached hydrogen (secondary N) is 3. The van der Waals surface area contributed by atoms with E-state index < -0.39 is 40.7 Å². The molecule has 0 radical (unpaired) electrons. The van der Waals surface area contributed by atoms with Crippen molar-refractivity contribution in [2.75, 3.05) is 19.8 Å². The van der Waals surface area contributed by atoms with E-state index in [1.165, 1.54) is 6.92 Å². The molecular formula is C24H25F6N3O2. The van der Waals surface area contributed by atoms with Crippen LogP contribution in [-0.4, -0.2) is 31.3 Å². The molecule has 0 aromatic heterocycles. The van der Waals surface area contributed by atoms with E-state index in [0.717, 1.165) is 5.56 Å². The van der Waals surface area contributed by atoms with Crippen LogP contribution in [0.5, 0.6) is 0 Å². The Kier molecular flexibility index (Phi) is 6.62. The van der Waals surface area contributed by atoms with Gasteiger partial charge < -0.3 is 15.4 Å². The van der Waals surface area contributed by atoms with Crippen molar-refractivity contribution in [2.24, 2.45) is 0 Å². The van der Waals surface area contributed by atoms with Gasteiger partial charge in [-0.2, -0.15) is 26.3 Å². The molecule has 0 aliphatic carbocycles. The Morgan fingerprint density at radius 1 is 0.943 bits per heavy atom. The number of amides is 1. The van der Waals surface area contributed by atoms with Gasteiger partial charge in [0.1, 0.15) is 5.54 Å². The maximum absolute atomic E-state index is 13.3. The first-order chi connectivity index (χ1) is 16.3. The SMILES string of the molecule is CC(OCC1(c2ccccc2)CCC2(CN1)NCNC2=O)c1cc(C(F)(F)F)cc(C(F)(F)F)c1. The van der Waals surface area contributed by atoms with Gasteiger partial charge in [-0.1, -0.05) is 30.3 Å². The topological polar surface area (TPSA) is 62.4 Å². The van der Waals surface area contributed by atoms with Gasteiger partial charge in [-0.05, 0) is 49.1 Å². The van der Waals surface area contributed by atoms with Crippen LogP contribution < -0.4 is 16.0 Å². The quantitative estimate of drug-likeness (QED) is 0.529. The van der Waals surface area contributed by atoms with Crippen molar-refractivity contribution in [1.82, 2.24) is 16.0 Å². The molecular weight excluding hydrogens is 476 g/mol. The van der Waals surface area contributed by atoms with E-state index in [9.17, 15) is 31.1 Å². The molecule has 1 spiro atoms. The standard InChI is InChI=1S/C24H25F6N3O2/c1-15(16-9-18(23(25,26)27)11-19(10-16)24(28,29)30)35-13-22(17-5-3-2-4-6-17)8-7-21(12-32-22)20(34)31-14-33-21/h2-6,9-11,15,32-33H,7-8,12-14H2,1H3,(H,31,34). The number of hydrogen-bond acceptors (Lipinski definition) is 4. The zero-order chi connectivity index (χ0) is 25.5. The van der Waals surface area contributed by atoms with Gasteiger partial charge in [-0.15, -0.1) is 0 Å². The summed E-state index contributed by atoms with van der Waals surface area (Å²) in [5.41, 5.74) is -3.69. The highest BCUT2D eigenvalue weighted by molar-refractivity contribution is 5.88. The summed E-state index contributed by atoms with van der Waals surface area (Å²) >= 11 is 0. The van der Waals surface area contributed by atoms with Gasteiger partial charge in [0.15, 0.2) is 0 Å². The van der Waals surface area contributed by atoms with Crippen LogP contribution in [0.25, 0.3) is 0 Å². The second-order valence-electron chi connectivity index (χ2n) is 9.04. The molecule has 35 heavy (non-hydrogen) atoms. The largest absolute Gasteiger partial charge is 0.416 e. The highest BCUT2D eigenvalue weighted by atomic mass is 19.4. The summed E-state index contributed by atoms with van der Waals surface area (Å²) in [4.78, 5) is 12.3. The normalized spacial score (nSPS) is 26.1. The lowest BCUT2D eigenvalue weighted by Gasteiger charge is -2.45. The number of piperidine rings is 1. The fourth-order valence-corrected chi connectivity index (χ4v) is 4.60. The molecule has 2 fully saturated rings. The molecule has 4 rings (SSSR count). The zero-order valence-corrected chi connectivity index (χ0v) is 18.8. The molecule has 1 amide bonds. The third-order valence-corrected chi connectivity index (χ3v) is 6.80. The Hall–Kier alpha value is -2.63. The monoisotopic (exact) mass is 501 g/mol. The summed E-state index contributed by atoms with van der Waals surface area (Å²) in [7, 11) is 0. The van der Waals surface area contributed by atoms with Crippen LogP contribution in [0.3, 0.4) is 0 Å². The molecule has 2 saturated heterocycles. The highest BCUT2D eigenvalue weighted by Crippen LogP contribution is 2.40. The van der Waals surface area contributed by atoms with Crippen molar-refractivity contribution in [3.63, 3.8) is 0 Å². The van der Waals surface area contributed by atoms with E-state index >= 15 is 0 Å². The van der Waals surface area contributed by atoms with Crippen LogP contribution in [0, 0.1) is 0 Å².